The third kappa shape index (κ3) is 5.48. The average molecular weight is 290 g/mol. The minimum absolute atomic E-state index is 0.0140. The van der Waals surface area contributed by atoms with Gasteiger partial charge in [0.2, 0.25) is 5.91 Å². The first-order chi connectivity index (χ1) is 9.35. The van der Waals surface area contributed by atoms with Crippen molar-refractivity contribution in [3.8, 4) is 5.75 Å². The van der Waals surface area contributed by atoms with Crippen LogP contribution in [0.4, 0.5) is 13.2 Å². The van der Waals surface area contributed by atoms with Gasteiger partial charge in [-0.15, -0.1) is 0 Å². The van der Waals surface area contributed by atoms with Gasteiger partial charge in [0.15, 0.2) is 0 Å². The van der Waals surface area contributed by atoms with E-state index in [0.717, 1.165) is 4.90 Å². The van der Waals surface area contributed by atoms with Crippen molar-refractivity contribution < 1.29 is 22.7 Å². The minimum Gasteiger partial charge on any atom is -0.497 e. The SMILES string of the molecule is COc1cccc(CC(=O)N(CCN)CC(F)(F)F)c1. The average Bonchev–Trinajstić information content (AvgIpc) is 2.37. The number of alkyl halides is 3. The molecule has 4 nitrogen and oxygen atoms in total. The first-order valence-corrected chi connectivity index (χ1v) is 6.03. The molecule has 20 heavy (non-hydrogen) atoms. The number of carbonyl (C=O) groups is 1. The topological polar surface area (TPSA) is 55.6 Å². The van der Waals surface area contributed by atoms with E-state index in [9.17, 15) is 18.0 Å². The van der Waals surface area contributed by atoms with Gasteiger partial charge in [0.05, 0.1) is 13.5 Å². The Kier molecular flexibility index (Phi) is 5.82. The molecule has 0 aliphatic heterocycles. The highest BCUT2D eigenvalue weighted by Crippen LogP contribution is 2.18. The number of hydrogen-bond acceptors (Lipinski definition) is 3. The van der Waals surface area contributed by atoms with Crippen molar-refractivity contribution in [3.05, 3.63) is 29.8 Å². The zero-order valence-corrected chi connectivity index (χ0v) is 11.1. The Hall–Kier alpha value is -1.76. The lowest BCUT2D eigenvalue weighted by atomic mass is 10.1. The smallest absolute Gasteiger partial charge is 0.406 e. The van der Waals surface area contributed by atoms with Crippen LogP contribution < -0.4 is 10.5 Å². The molecule has 112 valence electrons. The van der Waals surface area contributed by atoms with Crippen molar-refractivity contribution >= 4 is 5.91 Å². The minimum atomic E-state index is -4.43. The molecular weight excluding hydrogens is 273 g/mol. The van der Waals surface area contributed by atoms with Crippen LogP contribution in [0.1, 0.15) is 5.56 Å². The molecule has 0 spiro atoms. The summed E-state index contributed by atoms with van der Waals surface area (Å²) in [6.07, 6.45) is -4.55. The van der Waals surface area contributed by atoms with Gasteiger partial charge >= 0.3 is 6.18 Å². The first kappa shape index (κ1) is 16.3. The van der Waals surface area contributed by atoms with Crippen LogP contribution >= 0.6 is 0 Å². The van der Waals surface area contributed by atoms with E-state index in [-0.39, 0.29) is 19.5 Å². The Morgan fingerprint density at radius 3 is 2.65 bits per heavy atom. The van der Waals surface area contributed by atoms with Gasteiger partial charge in [-0.3, -0.25) is 4.79 Å². The van der Waals surface area contributed by atoms with Crippen LogP contribution in [0.15, 0.2) is 24.3 Å². The Morgan fingerprint density at radius 2 is 2.10 bits per heavy atom. The van der Waals surface area contributed by atoms with Crippen LogP contribution in [0, 0.1) is 0 Å². The van der Waals surface area contributed by atoms with Gasteiger partial charge in [0, 0.05) is 13.1 Å². The summed E-state index contributed by atoms with van der Waals surface area (Å²) in [5, 5.41) is 0. The summed E-state index contributed by atoms with van der Waals surface area (Å²) in [6, 6.07) is 6.65. The molecule has 2 N–H and O–H groups in total. The van der Waals surface area contributed by atoms with Crippen molar-refractivity contribution in [2.24, 2.45) is 5.73 Å². The predicted molar refractivity (Wildman–Crippen MR) is 68.4 cm³/mol. The maximum atomic E-state index is 12.4. The maximum Gasteiger partial charge on any atom is 0.406 e. The van der Waals surface area contributed by atoms with Crippen LogP contribution in [0.5, 0.6) is 5.75 Å². The number of nitrogens with zero attached hydrogens (tertiary/aromatic N) is 1. The number of amides is 1. The number of benzene rings is 1. The van der Waals surface area contributed by atoms with Crippen LogP contribution in [0.3, 0.4) is 0 Å². The van der Waals surface area contributed by atoms with E-state index in [1.54, 1.807) is 24.3 Å². The molecule has 0 saturated carbocycles. The van der Waals surface area contributed by atoms with Gasteiger partial charge in [-0.2, -0.15) is 13.2 Å². The standard InChI is InChI=1S/C13H17F3N2O2/c1-20-11-4-2-3-10(7-11)8-12(19)18(6-5-17)9-13(14,15)16/h2-4,7H,5-6,8-9,17H2,1H3. The highest BCUT2D eigenvalue weighted by atomic mass is 19.4. The molecule has 0 atom stereocenters. The summed E-state index contributed by atoms with van der Waals surface area (Å²) in [5.74, 6) is -0.0578. The summed E-state index contributed by atoms with van der Waals surface area (Å²) in [4.78, 5) is 12.6. The molecule has 0 aliphatic carbocycles. The molecule has 0 saturated heterocycles. The van der Waals surface area contributed by atoms with Gasteiger partial charge < -0.3 is 15.4 Å². The number of rotatable bonds is 6. The normalized spacial score (nSPS) is 11.2. The molecule has 0 fully saturated rings. The summed E-state index contributed by atoms with van der Waals surface area (Å²) in [7, 11) is 1.48. The van der Waals surface area contributed by atoms with Crippen LogP contribution in [-0.2, 0) is 11.2 Å². The fourth-order valence-corrected chi connectivity index (χ4v) is 1.73. The molecule has 7 heteroatoms. The van der Waals surface area contributed by atoms with E-state index in [1.165, 1.54) is 7.11 Å². The summed E-state index contributed by atoms with van der Waals surface area (Å²) < 4.78 is 42.2. The third-order valence-corrected chi connectivity index (χ3v) is 2.61. The molecule has 1 amide bonds. The Balaban J connectivity index is 2.74. The third-order valence-electron chi connectivity index (χ3n) is 2.61. The molecule has 0 bridgehead atoms. The largest absolute Gasteiger partial charge is 0.497 e. The van der Waals surface area contributed by atoms with Crippen molar-refractivity contribution in [1.29, 1.82) is 0 Å². The molecule has 0 unspecified atom stereocenters. The van der Waals surface area contributed by atoms with Crippen molar-refractivity contribution in [1.82, 2.24) is 4.90 Å². The van der Waals surface area contributed by atoms with Crippen molar-refractivity contribution in [2.75, 3.05) is 26.7 Å². The van der Waals surface area contributed by atoms with Gasteiger partial charge in [-0.05, 0) is 17.7 Å². The fraction of sp³-hybridized carbons (Fsp3) is 0.462. The van der Waals surface area contributed by atoms with E-state index >= 15 is 0 Å². The van der Waals surface area contributed by atoms with Crippen molar-refractivity contribution in [3.63, 3.8) is 0 Å². The molecule has 1 rings (SSSR count). The first-order valence-electron chi connectivity index (χ1n) is 6.03. The molecule has 1 aromatic carbocycles. The van der Waals surface area contributed by atoms with Crippen LogP contribution in [0.2, 0.25) is 0 Å². The Morgan fingerprint density at radius 1 is 1.40 bits per heavy atom. The molecule has 0 heterocycles. The second-order valence-corrected chi connectivity index (χ2v) is 4.25. The zero-order valence-electron chi connectivity index (χ0n) is 11.1. The Bertz CT molecular complexity index is 449. The summed E-state index contributed by atoms with van der Waals surface area (Å²) >= 11 is 0. The highest BCUT2D eigenvalue weighted by Gasteiger charge is 2.32. The Labute approximate surface area is 115 Å². The van der Waals surface area contributed by atoms with Gasteiger partial charge in [-0.25, -0.2) is 0 Å². The maximum absolute atomic E-state index is 12.4. The quantitative estimate of drug-likeness (QED) is 0.865. The molecule has 0 aliphatic rings. The zero-order chi connectivity index (χ0) is 15.2. The van der Waals surface area contributed by atoms with Crippen LogP contribution in [-0.4, -0.2) is 43.7 Å². The molecule has 0 aromatic heterocycles. The molecule has 1 aromatic rings. The fourth-order valence-electron chi connectivity index (χ4n) is 1.73. The number of nitrogens with two attached hydrogens (primary N) is 1. The monoisotopic (exact) mass is 290 g/mol. The second-order valence-electron chi connectivity index (χ2n) is 4.25. The summed E-state index contributed by atoms with van der Waals surface area (Å²) in [5.41, 5.74) is 5.84. The number of ether oxygens (including phenoxy) is 1. The van der Waals surface area contributed by atoms with E-state index in [1.807, 2.05) is 0 Å². The van der Waals surface area contributed by atoms with E-state index in [0.29, 0.717) is 11.3 Å². The molecule has 0 radical (unpaired) electrons. The number of halogens is 3. The van der Waals surface area contributed by atoms with E-state index < -0.39 is 18.6 Å². The predicted octanol–water partition coefficient (Wildman–Crippen LogP) is 1.59. The van der Waals surface area contributed by atoms with Gasteiger partial charge in [0.25, 0.3) is 0 Å². The highest BCUT2D eigenvalue weighted by molar-refractivity contribution is 5.79. The van der Waals surface area contributed by atoms with Gasteiger partial charge in [0.1, 0.15) is 12.3 Å². The van der Waals surface area contributed by atoms with E-state index in [2.05, 4.69) is 0 Å². The molecular formula is C13H17F3N2O2. The van der Waals surface area contributed by atoms with E-state index in [4.69, 9.17) is 10.5 Å². The lowest BCUT2D eigenvalue weighted by molar-refractivity contribution is -0.160. The van der Waals surface area contributed by atoms with Crippen LogP contribution in [0.25, 0.3) is 0 Å². The number of carbonyl (C=O) groups excluding carboxylic acids is 1. The van der Waals surface area contributed by atoms with Gasteiger partial charge in [-0.1, -0.05) is 12.1 Å². The summed E-state index contributed by atoms with van der Waals surface area (Å²) in [6.45, 7) is -1.42. The lowest BCUT2D eigenvalue weighted by Crippen LogP contribution is -2.42. The number of hydrogen-bond donors (Lipinski definition) is 1. The van der Waals surface area contributed by atoms with Crippen molar-refractivity contribution in [2.45, 2.75) is 12.6 Å². The second kappa shape index (κ2) is 7.14. The number of methoxy groups -OCH3 is 1. The lowest BCUT2D eigenvalue weighted by Gasteiger charge is -2.23.